The van der Waals surface area contributed by atoms with E-state index in [0.717, 1.165) is 50.1 Å². The molecule has 1 aromatic rings. The van der Waals surface area contributed by atoms with Gasteiger partial charge in [-0.3, -0.25) is 9.59 Å². The summed E-state index contributed by atoms with van der Waals surface area (Å²) in [5, 5.41) is 6.19. The number of amides is 2. The van der Waals surface area contributed by atoms with Gasteiger partial charge in [-0.1, -0.05) is 12.1 Å². The minimum absolute atomic E-state index is 0.0139. The van der Waals surface area contributed by atoms with Crippen molar-refractivity contribution in [3.63, 3.8) is 0 Å². The Morgan fingerprint density at radius 2 is 1.96 bits per heavy atom. The number of benzene rings is 1. The summed E-state index contributed by atoms with van der Waals surface area (Å²) in [6.07, 6.45) is 3.96. The molecule has 0 bridgehead atoms. The summed E-state index contributed by atoms with van der Waals surface area (Å²) < 4.78 is 5.36. The Morgan fingerprint density at radius 3 is 2.64 bits per heavy atom. The molecule has 6 heteroatoms. The van der Waals surface area contributed by atoms with Crippen LogP contribution in [0.3, 0.4) is 0 Å². The smallest absolute Gasteiger partial charge is 0.226 e. The minimum Gasteiger partial charge on any atom is -0.378 e. The quantitative estimate of drug-likeness (QED) is 0.821. The van der Waals surface area contributed by atoms with Crippen LogP contribution >= 0.6 is 0 Å². The monoisotopic (exact) mass is 345 g/mol. The van der Waals surface area contributed by atoms with Gasteiger partial charge in [0.1, 0.15) is 0 Å². The molecule has 0 aromatic heterocycles. The van der Waals surface area contributed by atoms with Gasteiger partial charge in [0.2, 0.25) is 11.8 Å². The fourth-order valence-electron chi connectivity index (χ4n) is 3.32. The third-order valence-electron chi connectivity index (χ3n) is 4.75. The molecule has 25 heavy (non-hydrogen) atoms. The van der Waals surface area contributed by atoms with Crippen LogP contribution in [-0.4, -0.2) is 55.6 Å². The lowest BCUT2D eigenvalue weighted by Crippen LogP contribution is -2.43. The molecular formula is C19H27N3O3. The van der Waals surface area contributed by atoms with Gasteiger partial charge in [0, 0.05) is 44.2 Å². The molecule has 6 nitrogen and oxygen atoms in total. The predicted octanol–water partition coefficient (Wildman–Crippen LogP) is 1.56. The zero-order valence-corrected chi connectivity index (χ0v) is 14.6. The molecular weight excluding hydrogens is 318 g/mol. The maximum absolute atomic E-state index is 12.1. The molecule has 0 saturated carbocycles. The molecule has 2 amide bonds. The topological polar surface area (TPSA) is 70.7 Å². The summed E-state index contributed by atoms with van der Waals surface area (Å²) in [6.45, 7) is 3.90. The number of ether oxygens (including phenoxy) is 1. The van der Waals surface area contributed by atoms with Crippen LogP contribution < -0.4 is 10.6 Å². The van der Waals surface area contributed by atoms with Crippen molar-refractivity contribution in [3.05, 3.63) is 29.8 Å². The second-order valence-corrected chi connectivity index (χ2v) is 6.76. The Kier molecular flexibility index (Phi) is 6.42. The van der Waals surface area contributed by atoms with Crippen LogP contribution in [0.4, 0.5) is 5.69 Å². The van der Waals surface area contributed by atoms with Gasteiger partial charge in [-0.2, -0.15) is 0 Å². The number of nitrogens with one attached hydrogen (secondary N) is 2. The Labute approximate surface area is 148 Å². The molecule has 136 valence electrons. The number of hydrogen-bond donors (Lipinski definition) is 2. The van der Waals surface area contributed by atoms with Crippen LogP contribution in [0.2, 0.25) is 0 Å². The first-order valence-corrected chi connectivity index (χ1v) is 9.18. The third kappa shape index (κ3) is 5.54. The maximum atomic E-state index is 12.1. The number of rotatable bonds is 6. The zero-order chi connectivity index (χ0) is 17.5. The lowest BCUT2D eigenvalue weighted by molar-refractivity contribution is -0.130. The van der Waals surface area contributed by atoms with E-state index in [9.17, 15) is 9.59 Å². The van der Waals surface area contributed by atoms with Crippen molar-refractivity contribution < 1.29 is 14.3 Å². The lowest BCUT2D eigenvalue weighted by Gasteiger charge is -2.23. The predicted molar refractivity (Wildman–Crippen MR) is 96.4 cm³/mol. The van der Waals surface area contributed by atoms with Crippen LogP contribution in [0.5, 0.6) is 0 Å². The van der Waals surface area contributed by atoms with Gasteiger partial charge in [-0.25, -0.2) is 0 Å². The Balaban J connectivity index is 1.41. The van der Waals surface area contributed by atoms with Crippen molar-refractivity contribution in [2.75, 3.05) is 38.2 Å². The average Bonchev–Trinajstić information content (AvgIpc) is 3.16. The Hall–Kier alpha value is -1.92. The van der Waals surface area contributed by atoms with Gasteiger partial charge in [0.05, 0.1) is 13.2 Å². The molecule has 2 aliphatic heterocycles. The number of carbonyl (C=O) groups is 2. The number of anilines is 1. The molecule has 2 fully saturated rings. The number of aryl methyl sites for hydroxylation is 1. The number of carbonyl (C=O) groups excluding carboxylic acids is 2. The molecule has 1 aromatic carbocycles. The first-order valence-electron chi connectivity index (χ1n) is 9.18. The van der Waals surface area contributed by atoms with E-state index < -0.39 is 0 Å². The molecule has 2 heterocycles. The number of hydrogen-bond acceptors (Lipinski definition) is 4. The fraction of sp³-hybridized carbons (Fsp3) is 0.579. The van der Waals surface area contributed by atoms with Gasteiger partial charge in [-0.15, -0.1) is 0 Å². The van der Waals surface area contributed by atoms with Crippen molar-refractivity contribution in [2.24, 2.45) is 0 Å². The summed E-state index contributed by atoms with van der Waals surface area (Å²) in [6, 6.07) is 7.85. The van der Waals surface area contributed by atoms with Crippen molar-refractivity contribution in [3.8, 4) is 0 Å². The average molecular weight is 345 g/mol. The summed E-state index contributed by atoms with van der Waals surface area (Å²) >= 11 is 0. The lowest BCUT2D eigenvalue weighted by atomic mass is 10.1. The summed E-state index contributed by atoms with van der Waals surface area (Å²) in [7, 11) is 0. The molecule has 3 rings (SSSR count). The second-order valence-electron chi connectivity index (χ2n) is 6.76. The molecule has 1 unspecified atom stereocenters. The number of nitrogens with zero attached hydrogens (tertiary/aromatic N) is 1. The Morgan fingerprint density at radius 1 is 1.20 bits per heavy atom. The van der Waals surface area contributed by atoms with E-state index in [0.29, 0.717) is 26.1 Å². The SMILES string of the molecule is O=C(CC1COCCN1)Nc1ccc(CCC(=O)N2CCCC2)cc1. The molecule has 0 aliphatic carbocycles. The maximum Gasteiger partial charge on any atom is 0.226 e. The van der Waals surface area contributed by atoms with Crippen molar-refractivity contribution in [1.29, 1.82) is 0 Å². The van der Waals surface area contributed by atoms with E-state index in [2.05, 4.69) is 10.6 Å². The van der Waals surface area contributed by atoms with Gasteiger partial charge >= 0.3 is 0 Å². The second kappa shape index (κ2) is 8.97. The highest BCUT2D eigenvalue weighted by molar-refractivity contribution is 5.91. The first-order chi connectivity index (χ1) is 12.2. The minimum atomic E-state index is -0.0139. The fourth-order valence-corrected chi connectivity index (χ4v) is 3.32. The van der Waals surface area contributed by atoms with Crippen LogP contribution in [0.15, 0.2) is 24.3 Å². The molecule has 0 radical (unpaired) electrons. The number of morpholine rings is 1. The summed E-state index contributed by atoms with van der Waals surface area (Å²) in [4.78, 5) is 26.1. The molecule has 1 atom stereocenters. The first kappa shape index (κ1) is 17.9. The highest BCUT2D eigenvalue weighted by Crippen LogP contribution is 2.14. The van der Waals surface area contributed by atoms with Gasteiger partial charge in [0.15, 0.2) is 0 Å². The van der Waals surface area contributed by atoms with Crippen LogP contribution in [0, 0.1) is 0 Å². The van der Waals surface area contributed by atoms with Gasteiger partial charge in [-0.05, 0) is 37.0 Å². The Bertz CT molecular complexity index is 576. The van der Waals surface area contributed by atoms with E-state index in [4.69, 9.17) is 4.74 Å². The molecule has 2 aliphatic rings. The van der Waals surface area contributed by atoms with E-state index in [1.165, 1.54) is 0 Å². The van der Waals surface area contributed by atoms with Crippen molar-refractivity contribution in [1.82, 2.24) is 10.2 Å². The van der Waals surface area contributed by atoms with E-state index in [1.807, 2.05) is 29.2 Å². The number of likely N-dealkylation sites (tertiary alicyclic amines) is 1. The third-order valence-corrected chi connectivity index (χ3v) is 4.75. The zero-order valence-electron chi connectivity index (χ0n) is 14.6. The largest absolute Gasteiger partial charge is 0.378 e. The van der Waals surface area contributed by atoms with Gasteiger partial charge < -0.3 is 20.3 Å². The van der Waals surface area contributed by atoms with Crippen molar-refractivity contribution in [2.45, 2.75) is 38.1 Å². The van der Waals surface area contributed by atoms with Crippen LogP contribution in [0.25, 0.3) is 0 Å². The highest BCUT2D eigenvalue weighted by atomic mass is 16.5. The summed E-state index contributed by atoms with van der Waals surface area (Å²) in [5.74, 6) is 0.233. The van der Waals surface area contributed by atoms with E-state index in [1.54, 1.807) is 0 Å². The van der Waals surface area contributed by atoms with Gasteiger partial charge in [0.25, 0.3) is 0 Å². The standard InChI is InChI=1S/C19H27N3O3/c23-18(13-17-14-25-12-9-20-17)21-16-6-3-15(4-7-16)5-8-19(24)22-10-1-2-11-22/h3-4,6-7,17,20H,1-2,5,8-14H2,(H,21,23). The highest BCUT2D eigenvalue weighted by Gasteiger charge is 2.18. The molecule has 2 saturated heterocycles. The van der Waals surface area contributed by atoms with Crippen LogP contribution in [-0.2, 0) is 20.7 Å². The molecule has 0 spiro atoms. The molecule has 2 N–H and O–H groups in total. The summed E-state index contributed by atoms with van der Waals surface area (Å²) in [5.41, 5.74) is 1.91. The van der Waals surface area contributed by atoms with Crippen molar-refractivity contribution >= 4 is 17.5 Å². The normalized spacial score (nSPS) is 20.5. The van der Waals surface area contributed by atoms with Crippen LogP contribution in [0.1, 0.15) is 31.2 Å². The van der Waals surface area contributed by atoms with E-state index >= 15 is 0 Å². The van der Waals surface area contributed by atoms with E-state index in [-0.39, 0.29) is 17.9 Å².